The Balaban J connectivity index is 1.57. The van der Waals surface area contributed by atoms with Crippen molar-refractivity contribution in [2.45, 2.75) is 13.1 Å². The van der Waals surface area contributed by atoms with E-state index in [4.69, 9.17) is 0 Å². The molecule has 2 heterocycles. The van der Waals surface area contributed by atoms with Gasteiger partial charge in [0.1, 0.15) is 5.69 Å². The van der Waals surface area contributed by atoms with Gasteiger partial charge in [0.05, 0.1) is 35.2 Å². The Hall–Kier alpha value is -3.95. The third-order valence-electron chi connectivity index (χ3n) is 4.68. The van der Waals surface area contributed by atoms with Gasteiger partial charge in [0, 0.05) is 18.3 Å². The average Bonchev–Trinajstić information content (AvgIpc) is 3.34. The Morgan fingerprint density at radius 3 is 2.58 bits per heavy atom. The molecule has 0 spiro atoms. The van der Waals surface area contributed by atoms with Crippen molar-refractivity contribution in [1.82, 2.24) is 24.5 Å². The summed E-state index contributed by atoms with van der Waals surface area (Å²) in [7, 11) is 1.85. The summed E-state index contributed by atoms with van der Waals surface area (Å²) >= 11 is 0. The van der Waals surface area contributed by atoms with Gasteiger partial charge in [0.25, 0.3) is 5.91 Å². The van der Waals surface area contributed by atoms with Crippen LogP contribution < -0.4 is 5.32 Å². The maximum atomic E-state index is 12.9. The Kier molecular flexibility index (Phi) is 5.05. The zero-order chi connectivity index (χ0) is 22.2. The minimum Gasteiger partial charge on any atom is -0.332 e. The number of hydrogen-bond donors (Lipinski definition) is 1. The molecule has 0 atom stereocenters. The topological polar surface area (TPSA) is 77.6 Å². The van der Waals surface area contributed by atoms with Gasteiger partial charge in [0.15, 0.2) is 0 Å². The fourth-order valence-electron chi connectivity index (χ4n) is 3.18. The number of benzene rings is 2. The first-order valence-electron chi connectivity index (χ1n) is 9.22. The van der Waals surface area contributed by atoms with Gasteiger partial charge in [-0.15, -0.1) is 5.10 Å². The first kappa shape index (κ1) is 20.3. The van der Waals surface area contributed by atoms with E-state index in [0.717, 1.165) is 23.5 Å². The molecule has 2 aromatic carbocycles. The van der Waals surface area contributed by atoms with Crippen LogP contribution in [0.3, 0.4) is 0 Å². The van der Waals surface area contributed by atoms with E-state index < -0.39 is 17.6 Å². The van der Waals surface area contributed by atoms with Gasteiger partial charge in [-0.2, -0.15) is 13.2 Å². The predicted molar refractivity (Wildman–Crippen MR) is 108 cm³/mol. The molecule has 0 aliphatic carbocycles. The third kappa shape index (κ3) is 4.18. The van der Waals surface area contributed by atoms with E-state index in [1.165, 1.54) is 16.8 Å². The molecule has 0 aliphatic rings. The van der Waals surface area contributed by atoms with Crippen LogP contribution in [-0.2, 0) is 13.2 Å². The molecule has 1 N–H and O–H groups in total. The van der Waals surface area contributed by atoms with Gasteiger partial charge >= 0.3 is 6.18 Å². The van der Waals surface area contributed by atoms with Crippen molar-refractivity contribution >= 4 is 11.6 Å². The number of alkyl halides is 3. The maximum absolute atomic E-state index is 12.9. The summed E-state index contributed by atoms with van der Waals surface area (Å²) in [6, 6.07) is 11.0. The summed E-state index contributed by atoms with van der Waals surface area (Å²) < 4.78 is 42.0. The zero-order valence-electron chi connectivity index (χ0n) is 16.6. The Bertz CT molecular complexity index is 1240. The van der Waals surface area contributed by atoms with Crippen LogP contribution >= 0.6 is 0 Å². The van der Waals surface area contributed by atoms with Crippen molar-refractivity contribution in [1.29, 1.82) is 0 Å². The lowest BCUT2D eigenvalue weighted by Crippen LogP contribution is -2.13. The Labute approximate surface area is 175 Å². The van der Waals surface area contributed by atoms with Crippen LogP contribution in [0.25, 0.3) is 17.1 Å². The van der Waals surface area contributed by atoms with E-state index in [9.17, 15) is 18.0 Å². The van der Waals surface area contributed by atoms with Gasteiger partial charge in [-0.25, -0.2) is 9.67 Å². The maximum Gasteiger partial charge on any atom is 0.416 e. The second-order valence-electron chi connectivity index (χ2n) is 6.92. The number of nitrogens with one attached hydrogen (secondary N) is 1. The van der Waals surface area contributed by atoms with Gasteiger partial charge < -0.3 is 9.88 Å². The highest BCUT2D eigenvalue weighted by Gasteiger charge is 2.30. The Morgan fingerprint density at radius 1 is 1.10 bits per heavy atom. The van der Waals surface area contributed by atoms with Crippen molar-refractivity contribution in [2.75, 3.05) is 5.32 Å². The van der Waals surface area contributed by atoms with E-state index in [-0.39, 0.29) is 11.3 Å². The molecule has 0 fully saturated rings. The molecule has 0 aliphatic heterocycles. The summed E-state index contributed by atoms with van der Waals surface area (Å²) in [5, 5.41) is 10.8. The molecule has 4 rings (SSSR count). The van der Waals surface area contributed by atoms with Crippen LogP contribution in [0.5, 0.6) is 0 Å². The van der Waals surface area contributed by atoms with Gasteiger partial charge in [0.2, 0.25) is 0 Å². The lowest BCUT2D eigenvalue weighted by molar-refractivity contribution is -0.137. The highest BCUT2D eigenvalue weighted by atomic mass is 19.4. The van der Waals surface area contributed by atoms with Crippen LogP contribution in [0.1, 0.15) is 21.6 Å². The monoisotopic (exact) mass is 426 g/mol. The zero-order valence-corrected chi connectivity index (χ0v) is 16.6. The molecule has 0 saturated heterocycles. The predicted octanol–water partition coefficient (Wildman–Crippen LogP) is 4.25. The number of aromatic nitrogens is 5. The summed E-state index contributed by atoms with van der Waals surface area (Å²) in [4.78, 5) is 16.8. The van der Waals surface area contributed by atoms with Crippen molar-refractivity contribution in [3.63, 3.8) is 0 Å². The highest BCUT2D eigenvalue weighted by Crippen LogP contribution is 2.30. The number of carbonyl (C=O) groups is 1. The standard InChI is InChI=1S/C21H17F3N6O/c1-13-19(29(2)12-25-13)18-11-30(28-27-18)17-8-3-5-14(9-17)20(31)26-16-7-4-6-15(10-16)21(22,23)24/h3-12H,1-2H3,(H,26,31). The number of carbonyl (C=O) groups excluding carboxylic acids is 1. The fourth-order valence-corrected chi connectivity index (χ4v) is 3.18. The quantitative estimate of drug-likeness (QED) is 0.529. The molecular formula is C21H17F3N6O. The van der Waals surface area contributed by atoms with Crippen LogP contribution in [0.4, 0.5) is 18.9 Å². The lowest BCUT2D eigenvalue weighted by atomic mass is 10.1. The summed E-state index contributed by atoms with van der Waals surface area (Å²) in [5.41, 5.74) is 2.32. The number of rotatable bonds is 4. The summed E-state index contributed by atoms with van der Waals surface area (Å²) in [5.74, 6) is -0.538. The number of halogens is 3. The summed E-state index contributed by atoms with van der Waals surface area (Å²) in [6.45, 7) is 1.87. The van der Waals surface area contributed by atoms with E-state index >= 15 is 0 Å². The van der Waals surface area contributed by atoms with E-state index in [1.54, 1.807) is 36.8 Å². The van der Waals surface area contributed by atoms with Crippen molar-refractivity contribution < 1.29 is 18.0 Å². The highest BCUT2D eigenvalue weighted by molar-refractivity contribution is 6.04. The Morgan fingerprint density at radius 2 is 1.87 bits per heavy atom. The number of imidazole rings is 1. The summed E-state index contributed by atoms with van der Waals surface area (Å²) in [6.07, 6.45) is -1.09. The molecule has 2 aromatic heterocycles. The molecule has 0 unspecified atom stereocenters. The first-order chi connectivity index (χ1) is 14.7. The third-order valence-corrected chi connectivity index (χ3v) is 4.68. The molecular weight excluding hydrogens is 409 g/mol. The van der Waals surface area contributed by atoms with Crippen LogP contribution in [-0.4, -0.2) is 30.5 Å². The fraction of sp³-hybridized carbons (Fsp3) is 0.143. The van der Waals surface area contributed by atoms with Crippen LogP contribution in [0.15, 0.2) is 61.1 Å². The molecule has 1 amide bonds. The molecule has 31 heavy (non-hydrogen) atoms. The van der Waals surface area contributed by atoms with Crippen LogP contribution in [0.2, 0.25) is 0 Å². The average molecular weight is 426 g/mol. The van der Waals surface area contributed by atoms with Gasteiger partial charge in [-0.05, 0) is 43.3 Å². The minimum absolute atomic E-state index is 0.0555. The number of hydrogen-bond acceptors (Lipinski definition) is 4. The molecule has 4 aromatic rings. The van der Waals surface area contributed by atoms with Gasteiger partial charge in [-0.3, -0.25) is 4.79 Å². The number of anilines is 1. The van der Waals surface area contributed by atoms with Crippen molar-refractivity contribution in [3.05, 3.63) is 77.9 Å². The molecule has 10 heteroatoms. The second-order valence-corrected chi connectivity index (χ2v) is 6.92. The molecule has 0 saturated carbocycles. The molecule has 0 radical (unpaired) electrons. The van der Waals surface area contributed by atoms with Crippen molar-refractivity contribution in [2.24, 2.45) is 7.05 Å². The number of amides is 1. The van der Waals surface area contributed by atoms with E-state index in [0.29, 0.717) is 11.4 Å². The molecule has 0 bridgehead atoms. The molecule has 158 valence electrons. The van der Waals surface area contributed by atoms with E-state index in [2.05, 4.69) is 20.6 Å². The minimum atomic E-state index is -4.49. The SMILES string of the molecule is Cc1ncn(C)c1-c1cn(-c2cccc(C(=O)Nc3cccc(C(F)(F)F)c3)c2)nn1. The second kappa shape index (κ2) is 7.71. The first-order valence-corrected chi connectivity index (χ1v) is 9.22. The van der Waals surface area contributed by atoms with Gasteiger partial charge in [-0.1, -0.05) is 17.3 Å². The lowest BCUT2D eigenvalue weighted by Gasteiger charge is -2.10. The smallest absolute Gasteiger partial charge is 0.332 e. The van der Waals surface area contributed by atoms with Crippen molar-refractivity contribution in [3.8, 4) is 17.1 Å². The van der Waals surface area contributed by atoms with E-state index in [1.807, 2.05) is 18.5 Å². The molecule has 7 nitrogen and oxygen atoms in total. The largest absolute Gasteiger partial charge is 0.416 e. The normalized spacial score (nSPS) is 11.5. The number of nitrogens with zero attached hydrogens (tertiary/aromatic N) is 5. The van der Waals surface area contributed by atoms with Crippen LogP contribution in [0, 0.1) is 6.92 Å². The number of aryl methyl sites for hydroxylation is 2.